The molecular weight excluding hydrogens is 390 g/mol. The Balaban J connectivity index is 1.86. The predicted octanol–water partition coefficient (Wildman–Crippen LogP) is 8.17. The summed E-state index contributed by atoms with van der Waals surface area (Å²) in [6, 6.07) is 26.5. The molecule has 0 radical (unpaired) electrons. The van der Waals surface area contributed by atoms with Gasteiger partial charge in [-0.2, -0.15) is 0 Å². The Hall–Kier alpha value is -1.94. The molecule has 27 heavy (non-hydrogen) atoms. The number of thioether (sulfide) groups is 2. The second kappa shape index (κ2) is 9.84. The average Bonchev–Trinajstić information content (AvgIpc) is 2.69. The molecule has 0 bridgehead atoms. The average molecular weight is 410 g/mol. The van der Waals surface area contributed by atoms with Crippen LogP contribution in [0.25, 0.3) is 0 Å². The van der Waals surface area contributed by atoms with Gasteiger partial charge in [-0.1, -0.05) is 71.0 Å². The molecule has 0 unspecified atom stereocenters. The fourth-order valence-electron chi connectivity index (χ4n) is 2.25. The van der Waals surface area contributed by atoms with Crippen molar-refractivity contribution in [1.82, 2.24) is 0 Å². The highest BCUT2D eigenvalue weighted by atomic mass is 35.5. The first-order valence-electron chi connectivity index (χ1n) is 8.58. The van der Waals surface area contributed by atoms with Crippen molar-refractivity contribution in [3.63, 3.8) is 0 Å². The molecule has 0 heterocycles. The topological polar surface area (TPSA) is 12.4 Å². The standard InChI is InChI=1S/C23H20ClNS2/c1-17-8-12-20(13-9-17)25-23(27-22-6-4-3-5-7-22)18(2)16-26-21-14-10-19(24)11-15-21/h3-16H,1-2H3/b18-16+,25-23?. The Bertz CT molecular complexity index is 930. The molecule has 0 spiro atoms. The van der Waals surface area contributed by atoms with Gasteiger partial charge in [-0.25, -0.2) is 4.99 Å². The van der Waals surface area contributed by atoms with Gasteiger partial charge in [0.05, 0.1) is 5.69 Å². The van der Waals surface area contributed by atoms with Crippen LogP contribution in [0.2, 0.25) is 5.02 Å². The minimum Gasteiger partial charge on any atom is -0.241 e. The first-order chi connectivity index (χ1) is 13.1. The maximum Gasteiger partial charge on any atom is 0.105 e. The molecule has 4 heteroatoms. The number of nitrogens with zero attached hydrogens (tertiary/aromatic N) is 1. The van der Waals surface area contributed by atoms with Gasteiger partial charge in [0.2, 0.25) is 0 Å². The van der Waals surface area contributed by atoms with Crippen LogP contribution in [0.3, 0.4) is 0 Å². The zero-order valence-corrected chi connectivity index (χ0v) is 17.6. The summed E-state index contributed by atoms with van der Waals surface area (Å²) >= 11 is 9.32. The number of aliphatic imine (C=N–C) groups is 1. The van der Waals surface area contributed by atoms with E-state index in [1.54, 1.807) is 23.5 Å². The van der Waals surface area contributed by atoms with Crippen molar-refractivity contribution in [2.24, 2.45) is 4.99 Å². The Labute approximate surface area is 174 Å². The van der Waals surface area contributed by atoms with Gasteiger partial charge in [-0.3, -0.25) is 0 Å². The van der Waals surface area contributed by atoms with E-state index in [1.807, 2.05) is 42.5 Å². The van der Waals surface area contributed by atoms with Gasteiger partial charge in [0.15, 0.2) is 0 Å². The normalized spacial score (nSPS) is 12.3. The number of benzene rings is 3. The molecule has 0 aliphatic heterocycles. The zero-order valence-electron chi connectivity index (χ0n) is 15.2. The maximum absolute atomic E-state index is 5.97. The molecule has 0 aromatic heterocycles. The van der Waals surface area contributed by atoms with E-state index in [0.717, 1.165) is 26.2 Å². The van der Waals surface area contributed by atoms with E-state index >= 15 is 0 Å². The molecule has 0 aliphatic carbocycles. The van der Waals surface area contributed by atoms with Crippen LogP contribution >= 0.6 is 35.1 Å². The number of aryl methyl sites for hydroxylation is 1. The quantitative estimate of drug-likeness (QED) is 0.239. The molecule has 0 amide bonds. The molecular formula is C23H20ClNS2. The molecule has 136 valence electrons. The highest BCUT2D eigenvalue weighted by Crippen LogP contribution is 2.29. The van der Waals surface area contributed by atoms with E-state index in [1.165, 1.54) is 10.5 Å². The summed E-state index contributed by atoms with van der Waals surface area (Å²) in [5.41, 5.74) is 3.32. The van der Waals surface area contributed by atoms with Crippen molar-refractivity contribution >= 4 is 45.9 Å². The molecule has 0 aliphatic rings. The Morgan fingerprint density at radius 3 is 2.19 bits per heavy atom. The first-order valence-corrected chi connectivity index (χ1v) is 10.7. The van der Waals surface area contributed by atoms with Crippen molar-refractivity contribution < 1.29 is 0 Å². The lowest BCUT2D eigenvalue weighted by atomic mass is 10.2. The molecule has 3 aromatic carbocycles. The zero-order chi connectivity index (χ0) is 19.1. The van der Waals surface area contributed by atoms with Crippen LogP contribution < -0.4 is 0 Å². The molecule has 1 nitrogen and oxygen atoms in total. The number of hydrogen-bond acceptors (Lipinski definition) is 3. The summed E-state index contributed by atoms with van der Waals surface area (Å²) in [6.45, 7) is 4.19. The maximum atomic E-state index is 5.97. The van der Waals surface area contributed by atoms with E-state index in [2.05, 4.69) is 55.7 Å². The monoisotopic (exact) mass is 409 g/mol. The SMILES string of the molecule is C/C(=C\Sc1ccc(Cl)cc1)C(=Nc1ccc(C)cc1)Sc1ccccc1. The third-order valence-corrected chi connectivity index (χ3v) is 6.13. The van der Waals surface area contributed by atoms with Crippen molar-refractivity contribution in [2.45, 2.75) is 23.6 Å². The molecule has 0 atom stereocenters. The summed E-state index contributed by atoms with van der Waals surface area (Å²) < 4.78 is 0. The molecule has 3 rings (SSSR count). The smallest absolute Gasteiger partial charge is 0.105 e. The third-order valence-electron chi connectivity index (χ3n) is 3.75. The van der Waals surface area contributed by atoms with Crippen LogP contribution in [0.5, 0.6) is 0 Å². The van der Waals surface area contributed by atoms with E-state index in [9.17, 15) is 0 Å². The Kier molecular flexibility index (Phi) is 7.22. The largest absolute Gasteiger partial charge is 0.241 e. The second-order valence-corrected chi connectivity index (χ2v) is 8.48. The highest BCUT2D eigenvalue weighted by Gasteiger charge is 2.07. The highest BCUT2D eigenvalue weighted by molar-refractivity contribution is 8.14. The Morgan fingerprint density at radius 1 is 0.852 bits per heavy atom. The summed E-state index contributed by atoms with van der Waals surface area (Å²) in [6.07, 6.45) is 0. The van der Waals surface area contributed by atoms with Gasteiger partial charge in [-0.15, -0.1) is 0 Å². The van der Waals surface area contributed by atoms with Crippen molar-refractivity contribution in [1.29, 1.82) is 0 Å². The predicted molar refractivity (Wildman–Crippen MR) is 122 cm³/mol. The number of rotatable bonds is 5. The van der Waals surface area contributed by atoms with Crippen molar-refractivity contribution in [3.05, 3.63) is 100 Å². The number of hydrogen-bond donors (Lipinski definition) is 0. The summed E-state index contributed by atoms with van der Waals surface area (Å²) in [7, 11) is 0. The summed E-state index contributed by atoms with van der Waals surface area (Å²) in [5.74, 6) is 0. The van der Waals surface area contributed by atoms with Crippen LogP contribution in [0.1, 0.15) is 12.5 Å². The number of halogens is 1. The van der Waals surface area contributed by atoms with Gasteiger partial charge < -0.3 is 0 Å². The van der Waals surface area contributed by atoms with Gasteiger partial charge in [0, 0.05) is 14.8 Å². The lowest BCUT2D eigenvalue weighted by Gasteiger charge is -2.08. The van der Waals surface area contributed by atoms with Crippen LogP contribution in [-0.2, 0) is 0 Å². The molecule has 0 saturated carbocycles. The fraction of sp³-hybridized carbons (Fsp3) is 0.0870. The van der Waals surface area contributed by atoms with Crippen LogP contribution in [0, 0.1) is 6.92 Å². The van der Waals surface area contributed by atoms with E-state index in [4.69, 9.17) is 16.6 Å². The lowest BCUT2D eigenvalue weighted by Crippen LogP contribution is -1.94. The fourth-order valence-corrected chi connectivity index (χ4v) is 4.05. The molecule has 0 saturated heterocycles. The minimum atomic E-state index is 0.751. The van der Waals surface area contributed by atoms with Gasteiger partial charge in [0.25, 0.3) is 0 Å². The summed E-state index contributed by atoms with van der Waals surface area (Å²) in [5, 5.41) is 3.89. The lowest BCUT2D eigenvalue weighted by molar-refractivity contribution is 1.43. The third kappa shape index (κ3) is 6.31. The van der Waals surface area contributed by atoms with Crippen LogP contribution in [0.15, 0.2) is 105 Å². The molecule has 0 N–H and O–H groups in total. The van der Waals surface area contributed by atoms with Crippen molar-refractivity contribution in [3.8, 4) is 0 Å². The van der Waals surface area contributed by atoms with E-state index in [-0.39, 0.29) is 0 Å². The molecule has 3 aromatic rings. The molecule has 0 fully saturated rings. The summed E-state index contributed by atoms with van der Waals surface area (Å²) in [4.78, 5) is 7.22. The van der Waals surface area contributed by atoms with Crippen LogP contribution in [-0.4, -0.2) is 5.04 Å². The van der Waals surface area contributed by atoms with E-state index in [0.29, 0.717) is 0 Å². The minimum absolute atomic E-state index is 0.751. The van der Waals surface area contributed by atoms with Crippen molar-refractivity contribution in [2.75, 3.05) is 0 Å². The van der Waals surface area contributed by atoms with E-state index < -0.39 is 0 Å². The van der Waals surface area contributed by atoms with Gasteiger partial charge in [-0.05, 0) is 73.4 Å². The van der Waals surface area contributed by atoms with Gasteiger partial charge in [0.1, 0.15) is 5.04 Å². The first kappa shape index (κ1) is 19.8. The Morgan fingerprint density at radius 2 is 1.52 bits per heavy atom. The second-order valence-electron chi connectivity index (χ2n) is 6.04. The van der Waals surface area contributed by atoms with Crippen LogP contribution in [0.4, 0.5) is 5.69 Å². The van der Waals surface area contributed by atoms with Gasteiger partial charge >= 0.3 is 0 Å².